The minimum absolute atomic E-state index is 0.621. The molecule has 1 rings (SSSR count). The summed E-state index contributed by atoms with van der Waals surface area (Å²) in [6.45, 7) is 6.22. The smallest absolute Gasteiger partial charge is 0.0767 e. The minimum Gasteiger partial charge on any atom is -0.311 e. The predicted octanol–water partition coefficient (Wildman–Crippen LogP) is 3.40. The molecule has 5 heteroatoms. The van der Waals surface area contributed by atoms with Crippen molar-refractivity contribution in [3.05, 3.63) is 15.9 Å². The van der Waals surface area contributed by atoms with Crippen molar-refractivity contribution >= 4 is 31.9 Å². The number of aryl methyl sites for hydroxylation is 2. The molecule has 0 bridgehead atoms. The van der Waals surface area contributed by atoms with Crippen molar-refractivity contribution < 1.29 is 0 Å². The highest BCUT2D eigenvalue weighted by atomic mass is 79.9. The van der Waals surface area contributed by atoms with Crippen molar-refractivity contribution in [2.24, 2.45) is 7.05 Å². The van der Waals surface area contributed by atoms with E-state index in [-0.39, 0.29) is 0 Å². The molecule has 0 saturated carbocycles. The van der Waals surface area contributed by atoms with Crippen molar-refractivity contribution in [3.8, 4) is 0 Å². The lowest BCUT2D eigenvalue weighted by Gasteiger charge is -2.08. The number of hydrogen-bond donors (Lipinski definition) is 1. The second-order valence-electron chi connectivity index (χ2n) is 4.16. The number of nitrogens with zero attached hydrogens (tertiary/aromatic N) is 2. The van der Waals surface area contributed by atoms with E-state index in [1.54, 1.807) is 0 Å². The van der Waals surface area contributed by atoms with Gasteiger partial charge in [0.05, 0.1) is 15.9 Å². The summed E-state index contributed by atoms with van der Waals surface area (Å²) in [7, 11) is 2.00. The summed E-state index contributed by atoms with van der Waals surface area (Å²) in [5.74, 6) is 0. The van der Waals surface area contributed by atoms with E-state index < -0.39 is 0 Å². The summed E-state index contributed by atoms with van der Waals surface area (Å²) in [6.07, 6.45) is 3.30. The van der Waals surface area contributed by atoms with Gasteiger partial charge in [-0.25, -0.2) is 0 Å². The molecule has 3 nitrogen and oxygen atoms in total. The maximum Gasteiger partial charge on any atom is 0.0767 e. The first kappa shape index (κ1) is 15.2. The first-order valence-corrected chi connectivity index (χ1v) is 7.86. The molecule has 0 saturated heterocycles. The molecule has 0 aliphatic heterocycles. The van der Waals surface area contributed by atoms with E-state index in [0.29, 0.717) is 4.83 Å². The van der Waals surface area contributed by atoms with E-state index in [9.17, 15) is 0 Å². The zero-order valence-corrected chi connectivity index (χ0v) is 13.9. The second-order valence-corrected chi connectivity index (χ2v) is 6.24. The van der Waals surface area contributed by atoms with Crippen LogP contribution in [0.15, 0.2) is 4.47 Å². The molecule has 1 unspecified atom stereocenters. The SMILES string of the molecule is CCc1nn(C)c(CNCCC(Br)CC)c1Br. The number of alkyl halides is 1. The van der Waals surface area contributed by atoms with E-state index >= 15 is 0 Å². The van der Waals surface area contributed by atoms with Crippen LogP contribution >= 0.6 is 31.9 Å². The highest BCUT2D eigenvalue weighted by molar-refractivity contribution is 9.10. The Labute approximate surface area is 121 Å². The van der Waals surface area contributed by atoms with Crippen LogP contribution in [-0.2, 0) is 20.0 Å². The molecule has 1 atom stereocenters. The number of halogens is 2. The van der Waals surface area contributed by atoms with Crippen LogP contribution in [0.2, 0.25) is 0 Å². The third kappa shape index (κ3) is 4.38. The third-order valence-corrected chi connectivity index (χ3v) is 4.89. The molecule has 0 spiro atoms. The van der Waals surface area contributed by atoms with Gasteiger partial charge >= 0.3 is 0 Å². The Morgan fingerprint density at radius 3 is 2.65 bits per heavy atom. The van der Waals surface area contributed by atoms with Crippen LogP contribution in [0.4, 0.5) is 0 Å². The van der Waals surface area contributed by atoms with Crippen molar-refractivity contribution in [1.29, 1.82) is 0 Å². The lowest BCUT2D eigenvalue weighted by atomic mass is 10.2. The summed E-state index contributed by atoms with van der Waals surface area (Å²) in [5, 5.41) is 7.94. The van der Waals surface area contributed by atoms with Gasteiger partial charge in [0.25, 0.3) is 0 Å². The molecule has 0 aromatic carbocycles. The third-order valence-electron chi connectivity index (χ3n) is 2.87. The molecule has 17 heavy (non-hydrogen) atoms. The lowest BCUT2D eigenvalue weighted by Crippen LogP contribution is -2.19. The average molecular weight is 367 g/mol. The van der Waals surface area contributed by atoms with Gasteiger partial charge in [-0.2, -0.15) is 5.10 Å². The van der Waals surface area contributed by atoms with Gasteiger partial charge in [-0.05, 0) is 41.7 Å². The molecule has 0 radical (unpaired) electrons. The van der Waals surface area contributed by atoms with Crippen molar-refractivity contribution in [1.82, 2.24) is 15.1 Å². The van der Waals surface area contributed by atoms with E-state index in [1.807, 2.05) is 11.7 Å². The van der Waals surface area contributed by atoms with Gasteiger partial charge in [-0.3, -0.25) is 4.68 Å². The molecule has 1 aromatic rings. The Bertz CT molecular complexity index is 350. The minimum atomic E-state index is 0.621. The molecular formula is C12H21Br2N3. The maximum absolute atomic E-state index is 4.48. The zero-order valence-electron chi connectivity index (χ0n) is 10.8. The fourth-order valence-corrected chi connectivity index (χ4v) is 2.67. The summed E-state index contributed by atoms with van der Waals surface area (Å²) in [4.78, 5) is 0.621. The van der Waals surface area contributed by atoms with Crippen molar-refractivity contribution in [2.45, 2.75) is 44.5 Å². The van der Waals surface area contributed by atoms with Gasteiger partial charge in [0.15, 0.2) is 0 Å². The molecular weight excluding hydrogens is 346 g/mol. The van der Waals surface area contributed by atoms with Gasteiger partial charge in [0.2, 0.25) is 0 Å². The Morgan fingerprint density at radius 2 is 2.12 bits per heavy atom. The Hall–Kier alpha value is 0.130. The van der Waals surface area contributed by atoms with Crippen LogP contribution in [0.5, 0.6) is 0 Å². The van der Waals surface area contributed by atoms with Crippen LogP contribution in [0.25, 0.3) is 0 Å². The fraction of sp³-hybridized carbons (Fsp3) is 0.750. The molecule has 1 aromatic heterocycles. The fourth-order valence-electron chi connectivity index (χ4n) is 1.68. The first-order valence-electron chi connectivity index (χ1n) is 6.15. The van der Waals surface area contributed by atoms with Gasteiger partial charge in [-0.15, -0.1) is 0 Å². The normalized spacial score (nSPS) is 13.0. The van der Waals surface area contributed by atoms with Crippen molar-refractivity contribution in [3.63, 3.8) is 0 Å². The van der Waals surface area contributed by atoms with Crippen LogP contribution in [0.1, 0.15) is 38.1 Å². The Kier molecular flexibility index (Phi) is 6.74. The van der Waals surface area contributed by atoms with E-state index in [1.165, 1.54) is 12.1 Å². The number of rotatable bonds is 7. The van der Waals surface area contributed by atoms with E-state index in [4.69, 9.17) is 0 Å². The molecule has 0 aliphatic carbocycles. The monoisotopic (exact) mass is 365 g/mol. The molecule has 0 aliphatic rings. The summed E-state index contributed by atoms with van der Waals surface area (Å²) in [6, 6.07) is 0. The maximum atomic E-state index is 4.48. The van der Waals surface area contributed by atoms with E-state index in [0.717, 1.165) is 36.1 Å². The van der Waals surface area contributed by atoms with Gasteiger partial charge in [0, 0.05) is 18.4 Å². The predicted molar refractivity (Wildman–Crippen MR) is 79.6 cm³/mol. The molecule has 1 N–H and O–H groups in total. The van der Waals surface area contributed by atoms with Crippen molar-refractivity contribution in [2.75, 3.05) is 6.54 Å². The molecule has 0 amide bonds. The number of hydrogen-bond acceptors (Lipinski definition) is 2. The van der Waals surface area contributed by atoms with Gasteiger partial charge < -0.3 is 5.32 Å². The standard InChI is InChI=1S/C12H21Br2N3/c1-4-9(13)6-7-15-8-11-12(14)10(5-2)16-17(11)3/h9,15H,4-8H2,1-3H3. The Morgan fingerprint density at radius 1 is 1.41 bits per heavy atom. The number of nitrogens with one attached hydrogen (secondary N) is 1. The second kappa shape index (κ2) is 7.54. The number of aromatic nitrogens is 2. The topological polar surface area (TPSA) is 29.9 Å². The van der Waals surface area contributed by atoms with Crippen LogP contribution in [0.3, 0.4) is 0 Å². The zero-order chi connectivity index (χ0) is 12.8. The first-order chi connectivity index (χ1) is 8.10. The molecule has 0 fully saturated rings. The van der Waals surface area contributed by atoms with Crippen LogP contribution in [0, 0.1) is 0 Å². The summed E-state index contributed by atoms with van der Waals surface area (Å²) < 4.78 is 3.11. The Balaban J connectivity index is 2.44. The van der Waals surface area contributed by atoms with Gasteiger partial charge in [0.1, 0.15) is 0 Å². The molecule has 1 heterocycles. The quantitative estimate of drug-likeness (QED) is 0.592. The van der Waals surface area contributed by atoms with Crippen LogP contribution in [-0.4, -0.2) is 21.2 Å². The van der Waals surface area contributed by atoms with Crippen LogP contribution < -0.4 is 5.32 Å². The summed E-state index contributed by atoms with van der Waals surface area (Å²) in [5.41, 5.74) is 2.36. The highest BCUT2D eigenvalue weighted by Gasteiger charge is 2.11. The average Bonchev–Trinajstić information content (AvgIpc) is 2.60. The van der Waals surface area contributed by atoms with E-state index in [2.05, 4.69) is 56.1 Å². The summed E-state index contributed by atoms with van der Waals surface area (Å²) >= 11 is 7.27. The largest absolute Gasteiger partial charge is 0.311 e. The van der Waals surface area contributed by atoms with Gasteiger partial charge in [-0.1, -0.05) is 29.8 Å². The highest BCUT2D eigenvalue weighted by Crippen LogP contribution is 2.21. The lowest BCUT2D eigenvalue weighted by molar-refractivity contribution is 0.595. The molecule has 98 valence electrons.